The molecule has 25 heavy (non-hydrogen) atoms. The van der Waals surface area contributed by atoms with E-state index in [1.807, 2.05) is 36.9 Å². The Balaban J connectivity index is 1.90. The number of carbonyl (C=O) groups excluding carboxylic acids is 2. The molecule has 0 aliphatic carbocycles. The van der Waals surface area contributed by atoms with Crippen LogP contribution < -0.4 is 5.01 Å². The number of carbonyl (C=O) groups is 2. The lowest BCUT2D eigenvalue weighted by atomic mass is 9.98. The van der Waals surface area contributed by atoms with Crippen LogP contribution in [0.3, 0.4) is 0 Å². The number of benzene rings is 1. The Bertz CT molecular complexity index is 711. The van der Waals surface area contributed by atoms with E-state index in [9.17, 15) is 9.59 Å². The molecule has 1 atom stereocenters. The summed E-state index contributed by atoms with van der Waals surface area (Å²) in [5.41, 5.74) is 3.35. The minimum absolute atomic E-state index is 0.00866. The third-order valence-corrected chi connectivity index (χ3v) is 5.23. The maximum atomic E-state index is 13.0. The number of hydrogen-bond acceptors (Lipinski definition) is 3. The van der Waals surface area contributed by atoms with Crippen LogP contribution in [0.25, 0.3) is 0 Å². The maximum absolute atomic E-state index is 13.0. The van der Waals surface area contributed by atoms with Crippen LogP contribution in [0, 0.1) is 13.8 Å². The van der Waals surface area contributed by atoms with Crippen LogP contribution in [-0.4, -0.2) is 35.0 Å². The van der Waals surface area contributed by atoms with Crippen LogP contribution >= 0.6 is 0 Å². The zero-order valence-corrected chi connectivity index (χ0v) is 15.4. The number of likely N-dealkylation sites (tertiary alicyclic amines) is 1. The first-order valence-corrected chi connectivity index (χ1v) is 9.30. The fourth-order valence-electron chi connectivity index (χ4n) is 3.70. The van der Waals surface area contributed by atoms with Gasteiger partial charge in [0.1, 0.15) is 5.71 Å². The van der Waals surface area contributed by atoms with Gasteiger partial charge in [0, 0.05) is 25.4 Å². The van der Waals surface area contributed by atoms with Gasteiger partial charge in [-0.25, -0.2) is 5.01 Å². The molecule has 3 rings (SSSR count). The van der Waals surface area contributed by atoms with Crippen molar-refractivity contribution in [2.24, 2.45) is 5.10 Å². The van der Waals surface area contributed by atoms with E-state index >= 15 is 0 Å². The van der Waals surface area contributed by atoms with Crippen LogP contribution in [0.1, 0.15) is 56.6 Å². The highest BCUT2D eigenvalue weighted by Gasteiger charge is 2.32. The summed E-state index contributed by atoms with van der Waals surface area (Å²) in [4.78, 5) is 27.4. The topological polar surface area (TPSA) is 53.0 Å². The summed E-state index contributed by atoms with van der Waals surface area (Å²) in [7, 11) is 0. The predicted molar refractivity (Wildman–Crippen MR) is 99.7 cm³/mol. The lowest BCUT2D eigenvalue weighted by Crippen LogP contribution is -2.48. The van der Waals surface area contributed by atoms with Gasteiger partial charge in [0.25, 0.3) is 5.91 Å². The summed E-state index contributed by atoms with van der Waals surface area (Å²) in [6.45, 7) is 6.89. The van der Waals surface area contributed by atoms with E-state index in [1.54, 1.807) is 0 Å². The van der Waals surface area contributed by atoms with Crippen molar-refractivity contribution in [2.45, 2.75) is 65.3 Å². The molecule has 0 N–H and O–H groups in total. The molecule has 0 saturated carbocycles. The third-order valence-electron chi connectivity index (χ3n) is 5.23. The summed E-state index contributed by atoms with van der Waals surface area (Å²) in [6.07, 6.45) is 5.04. The highest BCUT2D eigenvalue weighted by atomic mass is 16.2. The number of piperidine rings is 1. The van der Waals surface area contributed by atoms with Crippen LogP contribution in [-0.2, 0) is 9.59 Å². The zero-order valence-electron chi connectivity index (χ0n) is 15.4. The van der Waals surface area contributed by atoms with Gasteiger partial charge in [-0.2, -0.15) is 5.10 Å². The molecule has 0 radical (unpaired) electrons. The SMILES string of the molecule is CCC1CCCCN1C(=O)C1=NN(c2cc(C)ccc2C)C(=O)CC1. The largest absolute Gasteiger partial charge is 0.335 e. The Kier molecular flexibility index (Phi) is 5.21. The van der Waals surface area contributed by atoms with Crippen LogP contribution in [0.5, 0.6) is 0 Å². The Morgan fingerprint density at radius 2 is 2.04 bits per heavy atom. The van der Waals surface area contributed by atoms with E-state index in [-0.39, 0.29) is 11.8 Å². The molecule has 0 spiro atoms. The van der Waals surface area contributed by atoms with Crippen molar-refractivity contribution in [2.75, 3.05) is 11.6 Å². The van der Waals surface area contributed by atoms with Gasteiger partial charge in [-0.15, -0.1) is 0 Å². The minimum atomic E-state index is -0.0454. The number of hydrogen-bond donors (Lipinski definition) is 0. The quantitative estimate of drug-likeness (QED) is 0.844. The van der Waals surface area contributed by atoms with E-state index in [1.165, 1.54) is 11.4 Å². The molecule has 2 aliphatic rings. The maximum Gasteiger partial charge on any atom is 0.270 e. The predicted octanol–water partition coefficient (Wildman–Crippen LogP) is 3.58. The fourth-order valence-corrected chi connectivity index (χ4v) is 3.70. The van der Waals surface area contributed by atoms with Gasteiger partial charge in [-0.3, -0.25) is 9.59 Å². The Labute approximate surface area is 149 Å². The average Bonchev–Trinajstić information content (AvgIpc) is 2.63. The minimum Gasteiger partial charge on any atom is -0.335 e. The normalized spacial score (nSPS) is 21.3. The van der Waals surface area contributed by atoms with Crippen molar-refractivity contribution in [1.29, 1.82) is 0 Å². The first-order chi connectivity index (χ1) is 12.0. The number of nitrogens with zero attached hydrogens (tertiary/aromatic N) is 3. The van der Waals surface area contributed by atoms with E-state index in [2.05, 4.69) is 12.0 Å². The average molecular weight is 341 g/mol. The van der Waals surface area contributed by atoms with Gasteiger partial charge >= 0.3 is 0 Å². The van der Waals surface area contributed by atoms with Gasteiger partial charge in [-0.05, 0) is 56.7 Å². The molecular formula is C20H27N3O2. The van der Waals surface area contributed by atoms with Gasteiger partial charge in [0.15, 0.2) is 0 Å². The number of rotatable bonds is 3. The van der Waals surface area contributed by atoms with Crippen molar-refractivity contribution in [1.82, 2.24) is 4.90 Å². The first-order valence-electron chi connectivity index (χ1n) is 9.30. The summed E-state index contributed by atoms with van der Waals surface area (Å²) < 4.78 is 0. The van der Waals surface area contributed by atoms with Crippen molar-refractivity contribution >= 4 is 23.2 Å². The third kappa shape index (κ3) is 3.60. The van der Waals surface area contributed by atoms with Crippen molar-refractivity contribution in [3.63, 3.8) is 0 Å². The van der Waals surface area contributed by atoms with Crippen molar-refractivity contribution in [3.05, 3.63) is 29.3 Å². The molecule has 5 nitrogen and oxygen atoms in total. The Hall–Kier alpha value is -2.17. The van der Waals surface area contributed by atoms with E-state index in [0.717, 1.165) is 42.6 Å². The van der Waals surface area contributed by atoms with Gasteiger partial charge in [-0.1, -0.05) is 19.1 Å². The summed E-state index contributed by atoms with van der Waals surface area (Å²) in [6, 6.07) is 6.26. The van der Waals surface area contributed by atoms with Crippen LogP contribution in [0.4, 0.5) is 5.69 Å². The van der Waals surface area contributed by atoms with Gasteiger partial charge < -0.3 is 4.90 Å². The number of hydrazone groups is 1. The highest BCUT2D eigenvalue weighted by Crippen LogP contribution is 2.27. The number of anilines is 1. The van der Waals surface area contributed by atoms with Crippen LogP contribution in [0.15, 0.2) is 23.3 Å². The molecule has 0 bridgehead atoms. The summed E-state index contributed by atoms with van der Waals surface area (Å²) in [5.74, 6) is -0.0368. The molecule has 1 aromatic carbocycles. The second-order valence-corrected chi connectivity index (χ2v) is 7.10. The smallest absolute Gasteiger partial charge is 0.270 e. The van der Waals surface area contributed by atoms with E-state index in [0.29, 0.717) is 24.6 Å². The van der Waals surface area contributed by atoms with Gasteiger partial charge in [0.05, 0.1) is 5.69 Å². The number of aryl methyl sites for hydroxylation is 2. The molecular weight excluding hydrogens is 314 g/mol. The zero-order chi connectivity index (χ0) is 18.0. The van der Waals surface area contributed by atoms with Crippen molar-refractivity contribution < 1.29 is 9.59 Å². The molecule has 1 aromatic rings. The standard InChI is InChI=1S/C20H27N3O2/c1-4-16-7-5-6-12-22(16)20(25)17-10-11-19(24)23(21-17)18-13-14(2)8-9-15(18)3/h8-9,13,16H,4-7,10-12H2,1-3H3. The number of amides is 2. The van der Waals surface area contributed by atoms with E-state index < -0.39 is 0 Å². The summed E-state index contributed by atoms with van der Waals surface area (Å²) in [5, 5.41) is 5.92. The molecule has 1 fully saturated rings. The first kappa shape index (κ1) is 17.6. The molecule has 134 valence electrons. The monoisotopic (exact) mass is 341 g/mol. The molecule has 1 saturated heterocycles. The Morgan fingerprint density at radius 3 is 2.80 bits per heavy atom. The summed E-state index contributed by atoms with van der Waals surface area (Å²) >= 11 is 0. The second-order valence-electron chi connectivity index (χ2n) is 7.10. The molecule has 2 amide bonds. The van der Waals surface area contributed by atoms with Crippen LogP contribution in [0.2, 0.25) is 0 Å². The lowest BCUT2D eigenvalue weighted by Gasteiger charge is -2.36. The van der Waals surface area contributed by atoms with E-state index in [4.69, 9.17) is 0 Å². The molecule has 0 aromatic heterocycles. The molecule has 2 aliphatic heterocycles. The second kappa shape index (κ2) is 7.38. The molecule has 2 heterocycles. The molecule has 5 heteroatoms. The molecule has 1 unspecified atom stereocenters. The highest BCUT2D eigenvalue weighted by molar-refractivity contribution is 6.40. The fraction of sp³-hybridized carbons (Fsp3) is 0.550. The Morgan fingerprint density at radius 1 is 1.24 bits per heavy atom. The van der Waals surface area contributed by atoms with Gasteiger partial charge in [0.2, 0.25) is 5.91 Å². The lowest BCUT2D eigenvalue weighted by molar-refractivity contribution is -0.127. The van der Waals surface area contributed by atoms with Crippen molar-refractivity contribution in [3.8, 4) is 0 Å².